The first kappa shape index (κ1) is 23.5. The Morgan fingerprint density at radius 1 is 0.969 bits per heavy atom. The van der Waals surface area contributed by atoms with Crippen LogP contribution < -0.4 is 15.4 Å². The van der Waals surface area contributed by atoms with E-state index in [1.807, 2.05) is 0 Å². The lowest BCUT2D eigenvalue weighted by atomic mass is 10.2. The molecule has 1 aromatic heterocycles. The molecule has 1 heterocycles. The van der Waals surface area contributed by atoms with Crippen molar-refractivity contribution in [2.45, 2.75) is 17.6 Å². The van der Waals surface area contributed by atoms with Crippen LogP contribution in [-0.2, 0) is 22.7 Å². The van der Waals surface area contributed by atoms with E-state index in [0.717, 1.165) is 12.1 Å². The van der Waals surface area contributed by atoms with E-state index in [1.165, 1.54) is 24.5 Å². The van der Waals surface area contributed by atoms with Crippen LogP contribution in [0.2, 0.25) is 0 Å². The second-order valence-corrected chi connectivity index (χ2v) is 8.99. The van der Waals surface area contributed by atoms with Gasteiger partial charge < -0.3 is 10.6 Å². The summed E-state index contributed by atoms with van der Waals surface area (Å²) < 4.78 is 66.3. The Balaban J connectivity index is 1.64. The third-order valence-electron chi connectivity index (χ3n) is 4.15. The maximum absolute atomic E-state index is 12.9. The van der Waals surface area contributed by atoms with Gasteiger partial charge in [0.1, 0.15) is 4.90 Å². The zero-order valence-electron chi connectivity index (χ0n) is 16.2. The Bertz CT molecular complexity index is 1210. The largest absolute Gasteiger partial charge is 0.416 e. The quantitative estimate of drug-likeness (QED) is 0.419. The molecule has 0 bridgehead atoms. The topological polar surface area (TPSA) is 100 Å². The van der Waals surface area contributed by atoms with Crippen molar-refractivity contribution in [1.82, 2.24) is 10.3 Å². The average molecular weight is 529 g/mol. The molecule has 0 saturated carbocycles. The molecule has 0 unspecified atom stereocenters. The fraction of sp³-hybridized carbons (Fsp3) is 0.100. The molecule has 0 aliphatic carbocycles. The molecule has 0 aliphatic heterocycles. The normalized spacial score (nSPS) is 11.6. The lowest BCUT2D eigenvalue weighted by Crippen LogP contribution is -2.28. The van der Waals surface area contributed by atoms with Crippen LogP contribution in [0.5, 0.6) is 0 Å². The highest BCUT2D eigenvalue weighted by molar-refractivity contribution is 9.10. The maximum atomic E-state index is 12.9. The highest BCUT2D eigenvalue weighted by Gasteiger charge is 2.32. The SMILES string of the molecule is O=C(NCc1ccc(NS(=O)(=O)c2cc(C(F)(F)F)ccc2Br)cc1)Nc1ccncc1. The molecule has 32 heavy (non-hydrogen) atoms. The van der Waals surface area contributed by atoms with Crippen LogP contribution in [-0.4, -0.2) is 19.4 Å². The summed E-state index contributed by atoms with van der Waals surface area (Å²) in [5.41, 5.74) is 0.327. The third kappa shape index (κ3) is 6.20. The van der Waals surface area contributed by atoms with Crippen molar-refractivity contribution in [2.24, 2.45) is 0 Å². The maximum Gasteiger partial charge on any atom is 0.416 e. The zero-order chi connectivity index (χ0) is 23.4. The fourth-order valence-corrected chi connectivity index (χ4v) is 4.63. The summed E-state index contributed by atoms with van der Waals surface area (Å²) >= 11 is 2.98. The van der Waals surface area contributed by atoms with Crippen LogP contribution in [0.25, 0.3) is 0 Å². The second kappa shape index (κ2) is 9.57. The van der Waals surface area contributed by atoms with Gasteiger partial charge in [-0.05, 0) is 64.0 Å². The summed E-state index contributed by atoms with van der Waals surface area (Å²) in [7, 11) is -4.28. The van der Waals surface area contributed by atoms with E-state index in [0.29, 0.717) is 17.3 Å². The van der Waals surface area contributed by atoms with Gasteiger partial charge in [-0.3, -0.25) is 9.71 Å². The zero-order valence-corrected chi connectivity index (χ0v) is 18.6. The van der Waals surface area contributed by atoms with Crippen LogP contribution in [0.1, 0.15) is 11.1 Å². The minimum Gasteiger partial charge on any atom is -0.334 e. The number of urea groups is 1. The average Bonchev–Trinajstić information content (AvgIpc) is 2.73. The summed E-state index contributed by atoms with van der Waals surface area (Å²) in [6, 6.07) is 11.2. The number of amides is 2. The van der Waals surface area contributed by atoms with Gasteiger partial charge in [0.2, 0.25) is 0 Å². The van der Waals surface area contributed by atoms with Gasteiger partial charge in [0.05, 0.1) is 5.56 Å². The molecule has 12 heteroatoms. The van der Waals surface area contributed by atoms with Gasteiger partial charge in [0.25, 0.3) is 10.0 Å². The molecule has 168 valence electrons. The molecule has 2 aromatic carbocycles. The van der Waals surface area contributed by atoms with Crippen molar-refractivity contribution in [1.29, 1.82) is 0 Å². The first-order valence-electron chi connectivity index (χ1n) is 8.98. The van der Waals surface area contributed by atoms with Gasteiger partial charge in [-0.25, -0.2) is 13.2 Å². The Morgan fingerprint density at radius 3 is 2.25 bits per heavy atom. The summed E-state index contributed by atoms with van der Waals surface area (Å²) in [5, 5.41) is 5.27. The Morgan fingerprint density at radius 2 is 1.62 bits per heavy atom. The fourth-order valence-electron chi connectivity index (χ4n) is 2.58. The molecule has 3 aromatic rings. The van der Waals surface area contributed by atoms with Crippen molar-refractivity contribution in [2.75, 3.05) is 10.0 Å². The highest BCUT2D eigenvalue weighted by Crippen LogP contribution is 2.34. The number of hydrogen-bond donors (Lipinski definition) is 3. The molecular formula is C20H16BrF3N4O3S. The lowest BCUT2D eigenvalue weighted by Gasteiger charge is -2.13. The molecule has 2 amide bonds. The van der Waals surface area contributed by atoms with Gasteiger partial charge >= 0.3 is 12.2 Å². The van der Waals surface area contributed by atoms with Crippen molar-refractivity contribution in [3.63, 3.8) is 0 Å². The van der Waals surface area contributed by atoms with Crippen molar-refractivity contribution in [3.8, 4) is 0 Å². The standard InChI is InChI=1S/C20H16BrF3N4O3S/c21-17-6-3-14(20(22,23)24)11-18(17)32(30,31)28-16-4-1-13(2-5-16)12-26-19(29)27-15-7-9-25-10-8-15/h1-11,28H,12H2,(H2,25,26,27,29). The number of anilines is 2. The summed E-state index contributed by atoms with van der Waals surface area (Å²) in [5.74, 6) is 0. The van der Waals surface area contributed by atoms with E-state index >= 15 is 0 Å². The highest BCUT2D eigenvalue weighted by atomic mass is 79.9. The monoisotopic (exact) mass is 528 g/mol. The summed E-state index contributed by atoms with van der Waals surface area (Å²) in [6.45, 7) is 0.170. The number of nitrogens with one attached hydrogen (secondary N) is 3. The smallest absolute Gasteiger partial charge is 0.334 e. The number of pyridine rings is 1. The second-order valence-electron chi connectivity index (χ2n) is 6.49. The third-order valence-corrected chi connectivity index (χ3v) is 6.52. The van der Waals surface area contributed by atoms with Crippen molar-refractivity contribution >= 4 is 43.4 Å². The van der Waals surface area contributed by atoms with E-state index < -0.39 is 32.7 Å². The van der Waals surface area contributed by atoms with Crippen molar-refractivity contribution in [3.05, 3.63) is 82.6 Å². The first-order chi connectivity index (χ1) is 15.0. The molecule has 0 aliphatic rings. The number of hydrogen-bond acceptors (Lipinski definition) is 4. The van der Waals surface area contributed by atoms with E-state index in [1.54, 1.807) is 24.3 Å². The molecule has 0 atom stereocenters. The number of carbonyl (C=O) groups is 1. The molecule has 0 radical (unpaired) electrons. The van der Waals surface area contributed by atoms with E-state index in [-0.39, 0.29) is 16.7 Å². The van der Waals surface area contributed by atoms with E-state index in [9.17, 15) is 26.4 Å². The van der Waals surface area contributed by atoms with Gasteiger partial charge in [-0.2, -0.15) is 13.2 Å². The minimum absolute atomic E-state index is 0.000898. The molecular weight excluding hydrogens is 513 g/mol. The van der Waals surface area contributed by atoms with Gasteiger partial charge in [0.15, 0.2) is 0 Å². The predicted octanol–water partition coefficient (Wildman–Crippen LogP) is 4.99. The number of benzene rings is 2. The van der Waals surface area contributed by atoms with Gasteiger partial charge in [-0.15, -0.1) is 0 Å². The minimum atomic E-state index is -4.68. The van der Waals surface area contributed by atoms with Crippen LogP contribution in [0.4, 0.5) is 29.3 Å². The van der Waals surface area contributed by atoms with Gasteiger partial charge in [0, 0.05) is 34.8 Å². The number of rotatable bonds is 6. The Kier molecular flexibility index (Phi) is 7.04. The number of carbonyl (C=O) groups excluding carboxylic acids is 1. The van der Waals surface area contributed by atoms with Crippen LogP contribution in [0, 0.1) is 0 Å². The lowest BCUT2D eigenvalue weighted by molar-refractivity contribution is -0.137. The number of nitrogens with zero attached hydrogens (tertiary/aromatic N) is 1. The number of aromatic nitrogens is 1. The number of halogens is 4. The van der Waals surface area contributed by atoms with Crippen LogP contribution in [0.15, 0.2) is 76.4 Å². The number of alkyl halides is 3. The van der Waals surface area contributed by atoms with E-state index in [2.05, 4.69) is 36.3 Å². The molecule has 0 fully saturated rings. The first-order valence-corrected chi connectivity index (χ1v) is 11.3. The predicted molar refractivity (Wildman–Crippen MR) is 116 cm³/mol. The van der Waals surface area contributed by atoms with E-state index in [4.69, 9.17) is 0 Å². The summed E-state index contributed by atoms with van der Waals surface area (Å²) in [6.07, 6.45) is -1.61. The van der Waals surface area contributed by atoms with Crippen LogP contribution >= 0.6 is 15.9 Å². The summed E-state index contributed by atoms with van der Waals surface area (Å²) in [4.78, 5) is 15.2. The molecule has 0 saturated heterocycles. The molecule has 7 nitrogen and oxygen atoms in total. The molecule has 3 N–H and O–H groups in total. The van der Waals surface area contributed by atoms with Crippen LogP contribution in [0.3, 0.4) is 0 Å². The molecule has 0 spiro atoms. The number of sulfonamides is 1. The van der Waals surface area contributed by atoms with Crippen molar-refractivity contribution < 1.29 is 26.4 Å². The Labute approximate surface area is 190 Å². The molecule has 3 rings (SSSR count). The van der Waals surface area contributed by atoms with Gasteiger partial charge in [-0.1, -0.05) is 12.1 Å². The Hall–Kier alpha value is -3.12.